The van der Waals surface area contributed by atoms with E-state index in [0.717, 1.165) is 6.42 Å². The van der Waals surface area contributed by atoms with Crippen LogP contribution in [0, 0.1) is 0 Å². The molecule has 0 unspecified atom stereocenters. The molecule has 0 N–H and O–H groups in total. The molecular weight excluding hydrogens is 276 g/mol. The van der Waals surface area contributed by atoms with Crippen LogP contribution in [0.1, 0.15) is 47.0 Å². The van der Waals surface area contributed by atoms with Crippen molar-refractivity contribution in [1.82, 2.24) is 0 Å². The number of esters is 2. The van der Waals surface area contributed by atoms with Crippen molar-refractivity contribution in [1.29, 1.82) is 0 Å². The van der Waals surface area contributed by atoms with E-state index in [1.54, 1.807) is 6.92 Å². The molecule has 0 rings (SSSR count). The van der Waals surface area contributed by atoms with Crippen molar-refractivity contribution in [3.05, 3.63) is 0 Å². The van der Waals surface area contributed by atoms with Crippen molar-refractivity contribution in [3.8, 4) is 0 Å². The maximum Gasteiger partial charge on any atom is 0.308 e. The van der Waals surface area contributed by atoms with Gasteiger partial charge in [0.15, 0.2) is 0 Å². The van der Waals surface area contributed by atoms with Crippen LogP contribution in [0.5, 0.6) is 0 Å². The van der Waals surface area contributed by atoms with Crippen LogP contribution in [-0.4, -0.2) is 51.6 Å². The zero-order chi connectivity index (χ0) is 16.3. The molecule has 0 heterocycles. The van der Waals surface area contributed by atoms with Crippen LogP contribution in [0.2, 0.25) is 0 Å². The summed E-state index contributed by atoms with van der Waals surface area (Å²) < 4.78 is 19.4. The topological polar surface area (TPSA) is 71.1 Å². The monoisotopic (exact) mass is 306 g/mol. The van der Waals surface area contributed by atoms with Gasteiger partial charge in [0.25, 0.3) is 0 Å². The largest absolute Gasteiger partial charge is 0.466 e. The molecule has 0 aliphatic heterocycles. The lowest BCUT2D eigenvalue weighted by Gasteiger charge is -2.02. The van der Waals surface area contributed by atoms with Gasteiger partial charge in [-0.05, 0) is 27.2 Å². The Hall–Kier alpha value is -1.14. The fourth-order valence-corrected chi connectivity index (χ4v) is 1.12. The number of hydrogen-bond donors (Lipinski definition) is 0. The fourth-order valence-electron chi connectivity index (χ4n) is 1.12. The Morgan fingerprint density at radius 1 is 0.667 bits per heavy atom. The van der Waals surface area contributed by atoms with E-state index in [-0.39, 0.29) is 11.9 Å². The summed E-state index contributed by atoms with van der Waals surface area (Å²) in [6, 6.07) is 0. The molecule has 6 nitrogen and oxygen atoms in total. The van der Waals surface area contributed by atoms with Gasteiger partial charge in [0.2, 0.25) is 0 Å². The van der Waals surface area contributed by atoms with Gasteiger partial charge in [-0.25, -0.2) is 0 Å². The first-order valence-corrected chi connectivity index (χ1v) is 7.58. The molecule has 0 amide bonds. The Labute approximate surface area is 128 Å². The molecule has 0 radical (unpaired) electrons. The highest BCUT2D eigenvalue weighted by Crippen LogP contribution is 1.89. The minimum absolute atomic E-state index is 0.166. The highest BCUT2D eigenvalue weighted by atomic mass is 16.5. The number of carbonyl (C=O) groups excluding carboxylic acids is 2. The lowest BCUT2D eigenvalue weighted by atomic mass is 10.4. The third kappa shape index (κ3) is 21.3. The third-order valence-corrected chi connectivity index (χ3v) is 2.08. The van der Waals surface area contributed by atoms with Crippen molar-refractivity contribution < 1.29 is 28.5 Å². The molecular formula is C15H30O6. The molecule has 0 saturated carbocycles. The van der Waals surface area contributed by atoms with E-state index in [4.69, 9.17) is 14.2 Å². The van der Waals surface area contributed by atoms with E-state index in [2.05, 4.69) is 4.74 Å². The summed E-state index contributed by atoms with van der Waals surface area (Å²) >= 11 is 0. The summed E-state index contributed by atoms with van der Waals surface area (Å²) in [5, 5.41) is 0. The Morgan fingerprint density at radius 2 is 1.14 bits per heavy atom. The minimum Gasteiger partial charge on any atom is -0.466 e. The zero-order valence-corrected chi connectivity index (χ0v) is 13.8. The highest BCUT2D eigenvalue weighted by molar-refractivity contribution is 5.69. The van der Waals surface area contributed by atoms with E-state index >= 15 is 0 Å². The number of hydrogen-bond acceptors (Lipinski definition) is 6. The first-order chi connectivity index (χ1) is 10.1. The van der Waals surface area contributed by atoms with Crippen LogP contribution in [0.25, 0.3) is 0 Å². The van der Waals surface area contributed by atoms with Crippen molar-refractivity contribution in [2.75, 3.05) is 39.6 Å². The third-order valence-electron chi connectivity index (χ3n) is 2.08. The predicted octanol–water partition coefficient (Wildman–Crippen LogP) is 2.34. The maximum absolute atomic E-state index is 10.8. The number of carbonyl (C=O) groups is 2. The second kappa shape index (κ2) is 18.9. The minimum atomic E-state index is -0.184. The van der Waals surface area contributed by atoms with Gasteiger partial charge in [-0.15, -0.1) is 0 Å². The molecule has 0 aromatic rings. The van der Waals surface area contributed by atoms with E-state index in [9.17, 15) is 9.59 Å². The molecule has 0 aromatic carbocycles. The quantitative estimate of drug-likeness (QED) is 0.431. The molecule has 126 valence electrons. The van der Waals surface area contributed by atoms with Crippen LogP contribution in [0.4, 0.5) is 0 Å². The Balaban J connectivity index is 0. The fraction of sp³-hybridized carbons (Fsp3) is 0.867. The maximum atomic E-state index is 10.8. The molecule has 21 heavy (non-hydrogen) atoms. The van der Waals surface area contributed by atoms with Gasteiger partial charge in [-0.1, -0.05) is 6.92 Å². The molecule has 0 aliphatic carbocycles. The summed E-state index contributed by atoms with van der Waals surface area (Å²) in [5.74, 6) is -0.351. The normalized spacial score (nSPS) is 9.52. The van der Waals surface area contributed by atoms with Crippen LogP contribution >= 0.6 is 0 Å². The molecule has 0 spiro atoms. The van der Waals surface area contributed by atoms with Gasteiger partial charge in [-0.2, -0.15) is 0 Å². The predicted molar refractivity (Wildman–Crippen MR) is 80.1 cm³/mol. The Morgan fingerprint density at radius 3 is 1.52 bits per heavy atom. The lowest BCUT2D eigenvalue weighted by molar-refractivity contribution is -0.145. The number of ether oxygens (including phenoxy) is 4. The van der Waals surface area contributed by atoms with Crippen LogP contribution in [0.15, 0.2) is 0 Å². The smallest absolute Gasteiger partial charge is 0.308 e. The van der Waals surface area contributed by atoms with E-state index in [1.165, 1.54) is 0 Å². The average molecular weight is 306 g/mol. The summed E-state index contributed by atoms with van der Waals surface area (Å²) in [5.41, 5.74) is 0. The van der Waals surface area contributed by atoms with Gasteiger partial charge in [0.05, 0.1) is 39.3 Å². The molecule has 0 saturated heterocycles. The molecule has 0 aromatic heterocycles. The molecule has 6 heteroatoms. The van der Waals surface area contributed by atoms with Crippen molar-refractivity contribution in [2.24, 2.45) is 0 Å². The summed E-state index contributed by atoms with van der Waals surface area (Å²) in [6.07, 6.45) is 1.61. The second-order valence-electron chi connectivity index (χ2n) is 3.92. The highest BCUT2D eigenvalue weighted by Gasteiger charge is 2.00. The lowest BCUT2D eigenvalue weighted by Crippen LogP contribution is -2.08. The molecule has 0 aliphatic rings. The first-order valence-electron chi connectivity index (χ1n) is 7.58. The summed E-state index contributed by atoms with van der Waals surface area (Å²) in [4.78, 5) is 21.4. The van der Waals surface area contributed by atoms with Gasteiger partial charge in [0.1, 0.15) is 0 Å². The first kappa shape index (κ1) is 22.1. The standard InChI is InChI=1S/C8H16O3.C7H14O3/c1-3-6-11-8(9)5-7-10-4-2;1-3-9-6-5-7(8)10-4-2/h3-7H2,1-2H3;3-6H2,1-2H3. The van der Waals surface area contributed by atoms with E-state index in [1.807, 2.05) is 20.8 Å². The molecule has 0 atom stereocenters. The SMILES string of the molecule is CCCOC(=O)CCOCC.CCOCCC(=O)OCC. The van der Waals surface area contributed by atoms with Gasteiger partial charge < -0.3 is 18.9 Å². The summed E-state index contributed by atoms with van der Waals surface area (Å²) in [6.45, 7) is 10.8. The van der Waals surface area contributed by atoms with Crippen molar-refractivity contribution in [3.63, 3.8) is 0 Å². The molecule has 0 bridgehead atoms. The molecule has 0 fully saturated rings. The van der Waals surface area contributed by atoms with E-state index < -0.39 is 0 Å². The number of rotatable bonds is 11. The van der Waals surface area contributed by atoms with Crippen LogP contribution in [-0.2, 0) is 28.5 Å². The Kier molecular flexibility index (Phi) is 19.9. The van der Waals surface area contributed by atoms with Gasteiger partial charge in [-0.3, -0.25) is 9.59 Å². The van der Waals surface area contributed by atoms with Gasteiger partial charge in [0, 0.05) is 13.2 Å². The van der Waals surface area contributed by atoms with Crippen molar-refractivity contribution in [2.45, 2.75) is 47.0 Å². The van der Waals surface area contributed by atoms with Crippen molar-refractivity contribution >= 4 is 11.9 Å². The van der Waals surface area contributed by atoms with Crippen LogP contribution in [0.3, 0.4) is 0 Å². The Bertz CT molecular complexity index is 242. The van der Waals surface area contributed by atoms with Gasteiger partial charge >= 0.3 is 11.9 Å². The van der Waals surface area contributed by atoms with Crippen LogP contribution < -0.4 is 0 Å². The second-order valence-corrected chi connectivity index (χ2v) is 3.92. The average Bonchev–Trinajstić information content (AvgIpc) is 2.47. The zero-order valence-electron chi connectivity index (χ0n) is 13.8. The van der Waals surface area contributed by atoms with E-state index in [0.29, 0.717) is 52.5 Å². The summed E-state index contributed by atoms with van der Waals surface area (Å²) in [7, 11) is 0.